The van der Waals surface area contributed by atoms with Crippen molar-refractivity contribution < 1.29 is 19.1 Å². The van der Waals surface area contributed by atoms with E-state index < -0.39 is 6.04 Å². The minimum atomic E-state index is -0.402. The first-order valence-corrected chi connectivity index (χ1v) is 8.66. The minimum absolute atomic E-state index is 0.0690. The number of Topliss-reactive ketones (excluding diaryl/α,β-unsaturated/α-hetero) is 1. The third-order valence-corrected chi connectivity index (χ3v) is 5.51. The van der Waals surface area contributed by atoms with Gasteiger partial charge >= 0.3 is 0 Å². The molecule has 3 saturated heterocycles. The summed E-state index contributed by atoms with van der Waals surface area (Å²) in [7, 11) is 0. The average molecular weight is 309 g/mol. The molecule has 2 unspecified atom stereocenters. The maximum Gasteiger partial charge on any atom is 0.249 e. The lowest BCUT2D eigenvalue weighted by molar-refractivity contribution is -0.149. The number of amides is 1. The molecular weight excluding hydrogens is 282 g/mol. The van der Waals surface area contributed by atoms with Crippen molar-refractivity contribution in [2.75, 3.05) is 26.4 Å². The first-order valence-electron chi connectivity index (χ1n) is 8.66. The number of hydrogen-bond donors (Lipinski definition) is 0. The van der Waals surface area contributed by atoms with E-state index in [0.29, 0.717) is 38.0 Å². The van der Waals surface area contributed by atoms with Crippen molar-refractivity contribution in [1.82, 2.24) is 4.90 Å². The lowest BCUT2D eigenvalue weighted by atomic mass is 9.80. The van der Waals surface area contributed by atoms with Crippen molar-refractivity contribution >= 4 is 11.7 Å². The second-order valence-electron chi connectivity index (χ2n) is 7.04. The van der Waals surface area contributed by atoms with E-state index in [9.17, 15) is 9.59 Å². The van der Waals surface area contributed by atoms with Gasteiger partial charge in [0.05, 0.1) is 19.3 Å². The molecule has 3 heterocycles. The van der Waals surface area contributed by atoms with Crippen LogP contribution in [0, 0.1) is 11.8 Å². The van der Waals surface area contributed by atoms with Crippen LogP contribution in [0.5, 0.6) is 0 Å². The van der Waals surface area contributed by atoms with Gasteiger partial charge in [0.25, 0.3) is 0 Å². The number of rotatable bonds is 0. The highest BCUT2D eigenvalue weighted by atomic mass is 16.5. The van der Waals surface area contributed by atoms with Crippen molar-refractivity contribution in [1.29, 1.82) is 0 Å². The van der Waals surface area contributed by atoms with Gasteiger partial charge in [-0.05, 0) is 43.9 Å². The fourth-order valence-electron chi connectivity index (χ4n) is 4.00. The predicted molar refractivity (Wildman–Crippen MR) is 81.4 cm³/mol. The molecule has 22 heavy (non-hydrogen) atoms. The molecule has 4 aliphatic rings. The van der Waals surface area contributed by atoms with Crippen LogP contribution in [0.2, 0.25) is 0 Å². The highest BCUT2D eigenvalue weighted by molar-refractivity contribution is 5.90. The molecule has 4 rings (SSSR count). The summed E-state index contributed by atoms with van der Waals surface area (Å²) >= 11 is 0. The highest BCUT2D eigenvalue weighted by Gasteiger charge is 2.35. The quantitative estimate of drug-likeness (QED) is 0.684. The van der Waals surface area contributed by atoms with Crippen molar-refractivity contribution in [3.05, 3.63) is 0 Å². The SMILES string of the molecule is CC1COCC(=O)N2CCCC(=O)C2COC2CCC1CC2. The Balaban J connectivity index is 1.73. The Morgan fingerprint density at radius 2 is 1.86 bits per heavy atom. The van der Waals surface area contributed by atoms with E-state index in [4.69, 9.17) is 9.47 Å². The summed E-state index contributed by atoms with van der Waals surface area (Å²) in [5, 5.41) is 0. The number of fused-ring (bicyclic) bond motifs is 7. The maximum absolute atomic E-state index is 12.4. The van der Waals surface area contributed by atoms with Crippen molar-refractivity contribution in [3.8, 4) is 0 Å². The summed E-state index contributed by atoms with van der Waals surface area (Å²) in [6.45, 7) is 3.93. The number of ketones is 1. The van der Waals surface area contributed by atoms with E-state index in [2.05, 4.69) is 6.92 Å². The molecule has 0 aromatic heterocycles. The molecule has 4 fully saturated rings. The van der Waals surface area contributed by atoms with Crippen LogP contribution < -0.4 is 0 Å². The van der Waals surface area contributed by atoms with Gasteiger partial charge in [-0.15, -0.1) is 0 Å². The second-order valence-corrected chi connectivity index (χ2v) is 7.04. The van der Waals surface area contributed by atoms with Crippen molar-refractivity contribution in [3.63, 3.8) is 0 Å². The van der Waals surface area contributed by atoms with Gasteiger partial charge in [0.2, 0.25) is 5.91 Å². The first kappa shape index (κ1) is 15.9. The third kappa shape index (κ3) is 3.51. The Morgan fingerprint density at radius 1 is 1.09 bits per heavy atom. The molecule has 0 aromatic carbocycles. The van der Waals surface area contributed by atoms with Crippen LogP contribution in [0.3, 0.4) is 0 Å². The number of carbonyl (C=O) groups is 2. The number of ether oxygens (including phenoxy) is 2. The van der Waals surface area contributed by atoms with E-state index in [1.807, 2.05) is 0 Å². The summed E-state index contributed by atoms with van der Waals surface area (Å²) in [4.78, 5) is 26.3. The third-order valence-electron chi connectivity index (χ3n) is 5.51. The van der Waals surface area contributed by atoms with Gasteiger partial charge in [0.1, 0.15) is 12.6 Å². The van der Waals surface area contributed by atoms with Crippen molar-refractivity contribution in [2.24, 2.45) is 11.8 Å². The maximum atomic E-state index is 12.4. The zero-order chi connectivity index (χ0) is 15.5. The van der Waals surface area contributed by atoms with Crippen LogP contribution in [0.1, 0.15) is 45.4 Å². The van der Waals surface area contributed by atoms with Gasteiger partial charge in [0.15, 0.2) is 5.78 Å². The fourth-order valence-corrected chi connectivity index (χ4v) is 4.00. The highest BCUT2D eigenvalue weighted by Crippen LogP contribution is 2.32. The standard InChI is InChI=1S/C17H27NO4/c1-12-9-21-11-17(20)18-8-2-3-16(19)15(18)10-22-14-6-4-13(12)5-7-14/h12-15H,2-11H2,1H3. The molecule has 5 heteroatoms. The van der Waals surface area contributed by atoms with Gasteiger partial charge in [-0.2, -0.15) is 0 Å². The van der Waals surface area contributed by atoms with Crippen LogP contribution in [0.25, 0.3) is 0 Å². The second kappa shape index (κ2) is 7.09. The molecule has 124 valence electrons. The molecule has 5 nitrogen and oxygen atoms in total. The summed E-state index contributed by atoms with van der Waals surface area (Å²) in [5.41, 5.74) is 0. The van der Waals surface area contributed by atoms with E-state index in [1.54, 1.807) is 4.90 Å². The van der Waals surface area contributed by atoms with E-state index >= 15 is 0 Å². The van der Waals surface area contributed by atoms with E-state index in [-0.39, 0.29) is 24.4 Å². The largest absolute Gasteiger partial charge is 0.376 e. The van der Waals surface area contributed by atoms with Gasteiger partial charge in [-0.1, -0.05) is 6.92 Å². The van der Waals surface area contributed by atoms with Gasteiger partial charge < -0.3 is 14.4 Å². The molecule has 0 aromatic rings. The van der Waals surface area contributed by atoms with Gasteiger partial charge in [0, 0.05) is 13.0 Å². The minimum Gasteiger partial charge on any atom is -0.376 e. The molecular formula is C17H27NO4. The Labute approximate surface area is 132 Å². The van der Waals surface area contributed by atoms with Crippen molar-refractivity contribution in [2.45, 2.75) is 57.6 Å². The monoisotopic (exact) mass is 309 g/mol. The van der Waals surface area contributed by atoms with Crippen LogP contribution in [0.4, 0.5) is 0 Å². The number of piperidine rings is 1. The molecule has 1 amide bonds. The molecule has 1 saturated carbocycles. The van der Waals surface area contributed by atoms with Gasteiger partial charge in [-0.25, -0.2) is 0 Å². The Hall–Kier alpha value is -0.940. The summed E-state index contributed by atoms with van der Waals surface area (Å²) in [6, 6.07) is -0.402. The Bertz CT molecular complexity index is 417. The van der Waals surface area contributed by atoms with E-state index in [1.165, 1.54) is 0 Å². The summed E-state index contributed by atoms with van der Waals surface area (Å²) < 4.78 is 11.7. The Kier molecular flexibility index (Phi) is 5.14. The predicted octanol–water partition coefficient (Wildman–Crippen LogP) is 1.79. The summed E-state index contributed by atoms with van der Waals surface area (Å²) in [5.74, 6) is 1.21. The normalized spacial score (nSPS) is 38.0. The molecule has 2 bridgehead atoms. The number of nitrogens with zero attached hydrogens (tertiary/aromatic N) is 1. The molecule has 2 atom stereocenters. The number of carbonyl (C=O) groups excluding carboxylic acids is 2. The van der Waals surface area contributed by atoms with Crippen LogP contribution in [-0.4, -0.2) is 55.1 Å². The topological polar surface area (TPSA) is 55.8 Å². The molecule has 0 N–H and O–H groups in total. The van der Waals surface area contributed by atoms with E-state index in [0.717, 1.165) is 32.1 Å². The van der Waals surface area contributed by atoms with Crippen LogP contribution >= 0.6 is 0 Å². The summed E-state index contributed by atoms with van der Waals surface area (Å²) in [6.07, 6.45) is 5.99. The molecule has 0 radical (unpaired) electrons. The molecule has 0 spiro atoms. The smallest absolute Gasteiger partial charge is 0.249 e. The first-order chi connectivity index (χ1) is 10.6. The molecule has 3 aliphatic heterocycles. The fraction of sp³-hybridized carbons (Fsp3) is 0.882. The van der Waals surface area contributed by atoms with Crippen LogP contribution in [-0.2, 0) is 19.1 Å². The lowest BCUT2D eigenvalue weighted by Crippen LogP contribution is -2.52. The van der Waals surface area contributed by atoms with Crippen LogP contribution in [0.15, 0.2) is 0 Å². The average Bonchev–Trinajstić information content (AvgIpc) is 2.54. The zero-order valence-electron chi connectivity index (χ0n) is 13.5. The number of hydrogen-bond acceptors (Lipinski definition) is 4. The molecule has 1 aliphatic carbocycles. The zero-order valence-corrected chi connectivity index (χ0v) is 13.5. The lowest BCUT2D eigenvalue weighted by Gasteiger charge is -2.36. The Morgan fingerprint density at radius 3 is 2.64 bits per heavy atom. The van der Waals surface area contributed by atoms with Gasteiger partial charge in [-0.3, -0.25) is 9.59 Å².